The monoisotopic (exact) mass is 186 g/mol. The number of rotatable bonds is 0. The van der Waals surface area contributed by atoms with Gasteiger partial charge in [-0.25, -0.2) is 0 Å². The van der Waals surface area contributed by atoms with E-state index in [4.69, 9.17) is 0 Å². The van der Waals surface area contributed by atoms with Crippen LogP contribution in [0, 0.1) is 0 Å². The van der Waals surface area contributed by atoms with Crippen molar-refractivity contribution in [1.82, 2.24) is 9.80 Å². The Hall–Kier alpha value is -0.120. The Morgan fingerprint density at radius 3 is 2.31 bits per heavy atom. The van der Waals surface area contributed by atoms with E-state index < -0.39 is 0 Å². The van der Waals surface area contributed by atoms with Gasteiger partial charge in [0.25, 0.3) is 0 Å². The molecule has 0 aromatic heterocycles. The molecular weight excluding hydrogens is 164 g/mol. The molecule has 13 heavy (non-hydrogen) atoms. The van der Waals surface area contributed by atoms with Gasteiger partial charge < -0.3 is 10.0 Å². The topological polar surface area (TPSA) is 26.7 Å². The molecule has 0 saturated carbocycles. The fraction of sp³-hybridized carbons (Fsp3) is 1.00. The van der Waals surface area contributed by atoms with Crippen LogP contribution in [-0.4, -0.2) is 59.8 Å². The summed E-state index contributed by atoms with van der Waals surface area (Å²) in [6, 6.07) is 0. The first kappa shape index (κ1) is 11.0. The van der Waals surface area contributed by atoms with Crippen molar-refractivity contribution in [3.05, 3.63) is 0 Å². The van der Waals surface area contributed by atoms with Gasteiger partial charge in [-0.3, -0.25) is 4.90 Å². The molecule has 1 fully saturated rings. The molecule has 1 N–H and O–H groups in total. The lowest BCUT2D eigenvalue weighted by atomic mass is 10.1. The Morgan fingerprint density at radius 1 is 1.15 bits per heavy atom. The first-order chi connectivity index (χ1) is 5.89. The number of β-amino-alcohol motifs (C(OH)–C–C–N with tert-alkyl or cyclic N) is 1. The van der Waals surface area contributed by atoms with Crippen molar-refractivity contribution in [1.29, 1.82) is 0 Å². The molecular formula is C10H22N2O. The zero-order valence-corrected chi connectivity index (χ0v) is 9.25. The molecule has 1 unspecified atom stereocenters. The van der Waals surface area contributed by atoms with Crippen molar-refractivity contribution in [2.45, 2.75) is 32.4 Å². The van der Waals surface area contributed by atoms with E-state index in [1.807, 2.05) is 0 Å². The molecule has 1 aliphatic heterocycles. The molecule has 1 heterocycles. The van der Waals surface area contributed by atoms with E-state index in [1.165, 1.54) is 0 Å². The molecule has 1 atom stereocenters. The lowest BCUT2D eigenvalue weighted by molar-refractivity contribution is 0.0737. The van der Waals surface area contributed by atoms with E-state index in [1.54, 1.807) is 0 Å². The van der Waals surface area contributed by atoms with Gasteiger partial charge in [-0.2, -0.15) is 0 Å². The number of hydrogen-bond acceptors (Lipinski definition) is 3. The summed E-state index contributed by atoms with van der Waals surface area (Å²) in [4.78, 5) is 4.54. The quantitative estimate of drug-likeness (QED) is 0.593. The van der Waals surface area contributed by atoms with Crippen LogP contribution in [0.1, 0.15) is 20.8 Å². The second-order valence-corrected chi connectivity index (χ2v) is 5.03. The van der Waals surface area contributed by atoms with Gasteiger partial charge in [0.05, 0.1) is 6.10 Å². The minimum Gasteiger partial charge on any atom is -0.390 e. The third kappa shape index (κ3) is 3.25. The summed E-state index contributed by atoms with van der Waals surface area (Å²) in [5.74, 6) is 0. The van der Waals surface area contributed by atoms with Crippen LogP contribution in [0.15, 0.2) is 0 Å². The highest BCUT2D eigenvalue weighted by atomic mass is 16.3. The predicted octanol–water partition coefficient (Wildman–Crippen LogP) is 0.393. The summed E-state index contributed by atoms with van der Waals surface area (Å²) in [6.07, 6.45) is -0.202. The van der Waals surface area contributed by atoms with Gasteiger partial charge in [0.15, 0.2) is 0 Å². The van der Waals surface area contributed by atoms with Crippen LogP contribution in [0.3, 0.4) is 0 Å². The standard InChI is InChI=1S/C10H22N2O/c1-10(2,3)12-6-5-11(4)7-9(13)8-12/h9,13H,5-8H2,1-4H3. The minimum atomic E-state index is -0.202. The van der Waals surface area contributed by atoms with E-state index >= 15 is 0 Å². The molecule has 0 aromatic rings. The zero-order chi connectivity index (χ0) is 10.1. The number of nitrogens with zero attached hydrogens (tertiary/aromatic N) is 2. The van der Waals surface area contributed by atoms with Crippen molar-refractivity contribution < 1.29 is 5.11 Å². The number of hydrogen-bond donors (Lipinski definition) is 1. The van der Waals surface area contributed by atoms with Crippen LogP contribution in [0.25, 0.3) is 0 Å². The Morgan fingerprint density at radius 2 is 1.77 bits per heavy atom. The highest BCUT2D eigenvalue weighted by Crippen LogP contribution is 2.15. The van der Waals surface area contributed by atoms with Crippen molar-refractivity contribution in [2.75, 3.05) is 33.2 Å². The van der Waals surface area contributed by atoms with Gasteiger partial charge in [0.1, 0.15) is 0 Å². The first-order valence-corrected chi connectivity index (χ1v) is 5.01. The molecule has 1 aliphatic rings. The summed E-state index contributed by atoms with van der Waals surface area (Å²) in [5, 5.41) is 9.71. The Bertz CT molecular complexity index is 165. The lowest BCUT2D eigenvalue weighted by Crippen LogP contribution is -2.45. The summed E-state index contributed by atoms with van der Waals surface area (Å²) in [6.45, 7) is 10.3. The first-order valence-electron chi connectivity index (χ1n) is 5.01. The predicted molar refractivity (Wildman–Crippen MR) is 54.8 cm³/mol. The maximum atomic E-state index is 9.71. The van der Waals surface area contributed by atoms with Crippen molar-refractivity contribution in [3.8, 4) is 0 Å². The van der Waals surface area contributed by atoms with Crippen LogP contribution < -0.4 is 0 Å². The Kier molecular flexibility index (Phi) is 3.33. The molecule has 0 radical (unpaired) electrons. The molecule has 0 aliphatic carbocycles. The minimum absolute atomic E-state index is 0.173. The molecule has 1 rings (SSSR count). The van der Waals surface area contributed by atoms with Gasteiger partial charge in [0, 0.05) is 31.7 Å². The van der Waals surface area contributed by atoms with Crippen LogP contribution in [0.4, 0.5) is 0 Å². The zero-order valence-electron chi connectivity index (χ0n) is 9.25. The maximum Gasteiger partial charge on any atom is 0.0793 e. The van der Waals surface area contributed by atoms with Gasteiger partial charge in [0.2, 0.25) is 0 Å². The molecule has 1 saturated heterocycles. The summed E-state index contributed by atoms with van der Waals surface area (Å²) >= 11 is 0. The van der Waals surface area contributed by atoms with Gasteiger partial charge in [-0.15, -0.1) is 0 Å². The van der Waals surface area contributed by atoms with Crippen LogP contribution in [0.5, 0.6) is 0 Å². The number of aliphatic hydroxyl groups is 1. The highest BCUT2D eigenvalue weighted by Gasteiger charge is 2.26. The SMILES string of the molecule is CN1CCN(C(C)(C)C)CC(O)C1. The molecule has 0 aromatic carbocycles. The molecule has 78 valence electrons. The van der Waals surface area contributed by atoms with E-state index in [9.17, 15) is 5.11 Å². The van der Waals surface area contributed by atoms with Gasteiger partial charge >= 0.3 is 0 Å². The van der Waals surface area contributed by atoms with Crippen molar-refractivity contribution in [2.24, 2.45) is 0 Å². The molecule has 0 bridgehead atoms. The molecule has 0 amide bonds. The molecule has 0 spiro atoms. The second kappa shape index (κ2) is 3.95. The highest BCUT2D eigenvalue weighted by molar-refractivity contribution is 4.82. The molecule has 3 heteroatoms. The van der Waals surface area contributed by atoms with E-state index in [2.05, 4.69) is 37.6 Å². The van der Waals surface area contributed by atoms with Gasteiger partial charge in [-0.05, 0) is 27.8 Å². The van der Waals surface area contributed by atoms with E-state index in [0.717, 1.165) is 26.2 Å². The Balaban J connectivity index is 2.58. The van der Waals surface area contributed by atoms with Crippen molar-refractivity contribution in [3.63, 3.8) is 0 Å². The van der Waals surface area contributed by atoms with Crippen molar-refractivity contribution >= 4 is 0 Å². The largest absolute Gasteiger partial charge is 0.390 e. The average molecular weight is 186 g/mol. The van der Waals surface area contributed by atoms with E-state index in [0.29, 0.717) is 0 Å². The average Bonchev–Trinajstić information content (AvgIpc) is 2.09. The maximum absolute atomic E-state index is 9.71. The third-order valence-corrected chi connectivity index (χ3v) is 2.65. The summed E-state index contributed by atoms with van der Waals surface area (Å²) < 4.78 is 0. The fourth-order valence-corrected chi connectivity index (χ4v) is 1.76. The number of likely N-dealkylation sites (N-methyl/N-ethyl adjacent to an activating group) is 1. The molecule has 3 nitrogen and oxygen atoms in total. The van der Waals surface area contributed by atoms with E-state index in [-0.39, 0.29) is 11.6 Å². The second-order valence-electron chi connectivity index (χ2n) is 5.03. The number of aliphatic hydroxyl groups excluding tert-OH is 1. The Labute approximate surface area is 81.3 Å². The fourth-order valence-electron chi connectivity index (χ4n) is 1.76. The third-order valence-electron chi connectivity index (χ3n) is 2.65. The van der Waals surface area contributed by atoms with Crippen LogP contribution in [-0.2, 0) is 0 Å². The van der Waals surface area contributed by atoms with Crippen LogP contribution >= 0.6 is 0 Å². The van der Waals surface area contributed by atoms with Crippen LogP contribution in [0.2, 0.25) is 0 Å². The smallest absolute Gasteiger partial charge is 0.0793 e. The van der Waals surface area contributed by atoms with Gasteiger partial charge in [-0.1, -0.05) is 0 Å². The normalized spacial score (nSPS) is 28.8. The lowest BCUT2D eigenvalue weighted by Gasteiger charge is -2.35. The summed E-state index contributed by atoms with van der Waals surface area (Å²) in [5.41, 5.74) is 0.173. The summed E-state index contributed by atoms with van der Waals surface area (Å²) in [7, 11) is 2.06.